The van der Waals surface area contributed by atoms with E-state index >= 15 is 0 Å². The first-order chi connectivity index (χ1) is 13.3. The molecule has 0 aliphatic carbocycles. The molecule has 1 aromatic heterocycles. The van der Waals surface area contributed by atoms with Crippen LogP contribution >= 0.6 is 0 Å². The van der Waals surface area contributed by atoms with E-state index in [0.29, 0.717) is 6.61 Å². The van der Waals surface area contributed by atoms with Gasteiger partial charge in [0.2, 0.25) is 0 Å². The van der Waals surface area contributed by atoms with Crippen molar-refractivity contribution in [3.63, 3.8) is 0 Å². The number of ether oxygens (including phenoxy) is 2. The Morgan fingerprint density at radius 3 is 2.78 bits per heavy atom. The number of para-hydroxylation sites is 1. The first-order valence-electron chi connectivity index (χ1n) is 9.63. The molecule has 1 fully saturated rings. The van der Waals surface area contributed by atoms with Gasteiger partial charge in [-0.2, -0.15) is 0 Å². The Balaban J connectivity index is 1.44. The Morgan fingerprint density at radius 2 is 1.89 bits per heavy atom. The molecule has 4 rings (SSSR count). The van der Waals surface area contributed by atoms with E-state index in [1.54, 1.807) is 0 Å². The number of hydrogen-bond donors (Lipinski definition) is 0. The van der Waals surface area contributed by atoms with Gasteiger partial charge in [0.15, 0.2) is 0 Å². The molecule has 0 amide bonds. The standard InChI is InChI=1S/C23H26N2O2/c1-25(15-18-8-4-11-22-21(18)10-5-13-24-22)16-19-7-2-3-12-23(19)27-17-20-9-6-14-26-20/h2-5,7-8,10-13,20H,6,9,14-17H2,1H3. The van der Waals surface area contributed by atoms with Gasteiger partial charge in [0.1, 0.15) is 12.4 Å². The number of nitrogens with zero attached hydrogens (tertiary/aromatic N) is 2. The fraction of sp³-hybridized carbons (Fsp3) is 0.348. The molecule has 3 aromatic rings. The third kappa shape index (κ3) is 4.46. The monoisotopic (exact) mass is 362 g/mol. The zero-order chi connectivity index (χ0) is 18.5. The van der Waals surface area contributed by atoms with Gasteiger partial charge in [-0.05, 0) is 43.7 Å². The zero-order valence-corrected chi connectivity index (χ0v) is 15.8. The SMILES string of the molecule is CN(Cc1ccccc1OCC1CCCO1)Cc1cccc2ncccc12. The van der Waals surface area contributed by atoms with Crippen LogP contribution in [-0.2, 0) is 17.8 Å². The lowest BCUT2D eigenvalue weighted by atomic mass is 10.1. The topological polar surface area (TPSA) is 34.6 Å². The van der Waals surface area contributed by atoms with Crippen molar-refractivity contribution in [2.24, 2.45) is 0 Å². The normalized spacial score (nSPS) is 16.9. The Hall–Kier alpha value is -2.43. The van der Waals surface area contributed by atoms with Crippen LogP contribution in [0.2, 0.25) is 0 Å². The number of fused-ring (bicyclic) bond motifs is 1. The molecule has 0 N–H and O–H groups in total. The van der Waals surface area contributed by atoms with Crippen molar-refractivity contribution in [1.29, 1.82) is 0 Å². The predicted octanol–water partition coefficient (Wildman–Crippen LogP) is 4.42. The fourth-order valence-corrected chi connectivity index (χ4v) is 3.68. The summed E-state index contributed by atoms with van der Waals surface area (Å²) in [4.78, 5) is 6.77. The van der Waals surface area contributed by atoms with E-state index in [2.05, 4.69) is 59.4 Å². The van der Waals surface area contributed by atoms with E-state index in [1.165, 1.54) is 16.5 Å². The molecule has 140 valence electrons. The van der Waals surface area contributed by atoms with Gasteiger partial charge in [-0.1, -0.05) is 36.4 Å². The van der Waals surface area contributed by atoms with Crippen molar-refractivity contribution in [2.45, 2.75) is 32.0 Å². The second-order valence-corrected chi connectivity index (χ2v) is 7.21. The quantitative estimate of drug-likeness (QED) is 0.623. The Bertz CT molecular complexity index is 885. The lowest BCUT2D eigenvalue weighted by molar-refractivity contribution is 0.0673. The van der Waals surface area contributed by atoms with Crippen molar-refractivity contribution < 1.29 is 9.47 Å². The molecule has 1 aliphatic rings. The molecular weight excluding hydrogens is 336 g/mol. The van der Waals surface area contributed by atoms with Crippen LogP contribution in [-0.4, -0.2) is 36.2 Å². The Morgan fingerprint density at radius 1 is 1.04 bits per heavy atom. The second kappa shape index (κ2) is 8.51. The molecule has 27 heavy (non-hydrogen) atoms. The number of benzene rings is 2. The second-order valence-electron chi connectivity index (χ2n) is 7.21. The van der Waals surface area contributed by atoms with Crippen molar-refractivity contribution in [3.8, 4) is 5.75 Å². The van der Waals surface area contributed by atoms with E-state index in [1.807, 2.05) is 18.3 Å². The van der Waals surface area contributed by atoms with Crippen LogP contribution in [0.15, 0.2) is 60.8 Å². The molecule has 0 radical (unpaired) electrons. The molecule has 2 heterocycles. The summed E-state index contributed by atoms with van der Waals surface area (Å²) in [6.45, 7) is 3.19. The number of rotatable bonds is 7. The van der Waals surface area contributed by atoms with E-state index in [-0.39, 0.29) is 6.10 Å². The summed E-state index contributed by atoms with van der Waals surface area (Å²) in [6, 6.07) is 18.8. The molecule has 1 unspecified atom stereocenters. The molecular formula is C23H26N2O2. The summed E-state index contributed by atoms with van der Waals surface area (Å²) in [6.07, 6.45) is 4.31. The van der Waals surface area contributed by atoms with Crippen LogP contribution in [0.3, 0.4) is 0 Å². The maximum Gasteiger partial charge on any atom is 0.123 e. The van der Waals surface area contributed by atoms with Crippen LogP contribution in [0.4, 0.5) is 0 Å². The molecule has 4 nitrogen and oxygen atoms in total. The van der Waals surface area contributed by atoms with Crippen LogP contribution in [0, 0.1) is 0 Å². The van der Waals surface area contributed by atoms with Crippen LogP contribution in [0.25, 0.3) is 10.9 Å². The van der Waals surface area contributed by atoms with Crippen molar-refractivity contribution >= 4 is 10.9 Å². The van der Waals surface area contributed by atoms with Gasteiger partial charge in [0.05, 0.1) is 11.6 Å². The van der Waals surface area contributed by atoms with Gasteiger partial charge in [-0.3, -0.25) is 9.88 Å². The van der Waals surface area contributed by atoms with E-state index in [9.17, 15) is 0 Å². The van der Waals surface area contributed by atoms with Crippen LogP contribution < -0.4 is 4.74 Å². The maximum atomic E-state index is 6.08. The highest BCUT2D eigenvalue weighted by molar-refractivity contribution is 5.81. The van der Waals surface area contributed by atoms with Gasteiger partial charge in [0.25, 0.3) is 0 Å². The average molecular weight is 362 g/mol. The minimum Gasteiger partial charge on any atom is -0.491 e. The molecule has 0 bridgehead atoms. The number of aromatic nitrogens is 1. The number of hydrogen-bond acceptors (Lipinski definition) is 4. The minimum absolute atomic E-state index is 0.235. The molecule has 1 saturated heterocycles. The summed E-state index contributed by atoms with van der Waals surface area (Å²) in [5.41, 5.74) is 3.54. The predicted molar refractivity (Wildman–Crippen MR) is 108 cm³/mol. The minimum atomic E-state index is 0.235. The first kappa shape index (κ1) is 18.0. The van der Waals surface area contributed by atoms with Gasteiger partial charge in [-0.25, -0.2) is 0 Å². The molecule has 1 aliphatic heterocycles. The smallest absolute Gasteiger partial charge is 0.123 e. The largest absolute Gasteiger partial charge is 0.491 e. The third-order valence-corrected chi connectivity index (χ3v) is 5.04. The van der Waals surface area contributed by atoms with Crippen LogP contribution in [0.5, 0.6) is 5.75 Å². The van der Waals surface area contributed by atoms with Crippen molar-refractivity contribution in [3.05, 3.63) is 71.9 Å². The van der Waals surface area contributed by atoms with E-state index in [4.69, 9.17) is 9.47 Å². The highest BCUT2D eigenvalue weighted by Gasteiger charge is 2.17. The summed E-state index contributed by atoms with van der Waals surface area (Å²) in [5, 5.41) is 1.22. The lowest BCUT2D eigenvalue weighted by Crippen LogP contribution is -2.20. The summed E-state index contributed by atoms with van der Waals surface area (Å²) in [5.74, 6) is 0.958. The number of pyridine rings is 1. The van der Waals surface area contributed by atoms with Crippen LogP contribution in [0.1, 0.15) is 24.0 Å². The average Bonchev–Trinajstić information content (AvgIpc) is 3.21. The lowest BCUT2D eigenvalue weighted by Gasteiger charge is -2.20. The molecule has 0 spiro atoms. The maximum absolute atomic E-state index is 6.08. The van der Waals surface area contributed by atoms with Gasteiger partial charge < -0.3 is 9.47 Å². The zero-order valence-electron chi connectivity index (χ0n) is 15.8. The van der Waals surface area contributed by atoms with Gasteiger partial charge in [-0.15, -0.1) is 0 Å². The highest BCUT2D eigenvalue weighted by Crippen LogP contribution is 2.23. The highest BCUT2D eigenvalue weighted by atomic mass is 16.5. The van der Waals surface area contributed by atoms with E-state index in [0.717, 1.165) is 43.8 Å². The Kier molecular flexibility index (Phi) is 5.66. The van der Waals surface area contributed by atoms with Gasteiger partial charge >= 0.3 is 0 Å². The third-order valence-electron chi connectivity index (χ3n) is 5.04. The van der Waals surface area contributed by atoms with Crippen molar-refractivity contribution in [1.82, 2.24) is 9.88 Å². The molecule has 1 atom stereocenters. The Labute approximate surface area is 160 Å². The molecule has 0 saturated carbocycles. The molecule has 2 aromatic carbocycles. The summed E-state index contributed by atoms with van der Waals surface area (Å²) in [7, 11) is 2.14. The summed E-state index contributed by atoms with van der Waals surface area (Å²) >= 11 is 0. The first-order valence-corrected chi connectivity index (χ1v) is 9.63. The van der Waals surface area contributed by atoms with Crippen molar-refractivity contribution in [2.75, 3.05) is 20.3 Å². The van der Waals surface area contributed by atoms with E-state index < -0.39 is 0 Å². The summed E-state index contributed by atoms with van der Waals surface area (Å²) < 4.78 is 11.8. The molecule has 4 heteroatoms. The van der Waals surface area contributed by atoms with Gasteiger partial charge in [0, 0.05) is 36.8 Å². The fourth-order valence-electron chi connectivity index (χ4n) is 3.68.